The molecule has 4 unspecified atom stereocenters. The number of aliphatic imine (C=N–C) groups is 1. The minimum Gasteiger partial charge on any atom is -0.480 e. The van der Waals surface area contributed by atoms with E-state index >= 15 is 0 Å². The number of hydrogen-bond acceptors (Lipinski definition) is 6. The van der Waals surface area contributed by atoms with Crippen LogP contribution in [0.3, 0.4) is 0 Å². The van der Waals surface area contributed by atoms with E-state index in [4.69, 9.17) is 16.6 Å². The molecule has 12 nitrogen and oxygen atoms in total. The summed E-state index contributed by atoms with van der Waals surface area (Å²) in [4.78, 5) is 52.8. The Morgan fingerprint density at radius 2 is 1.77 bits per heavy atom. The molecule has 0 aromatic heterocycles. The van der Waals surface area contributed by atoms with Gasteiger partial charge in [-0.25, -0.2) is 0 Å². The molecule has 0 aromatic rings. The third kappa shape index (κ3) is 9.20. The zero-order chi connectivity index (χ0) is 23.6. The quantitative estimate of drug-likeness (QED) is 0.102. The van der Waals surface area contributed by atoms with Gasteiger partial charge < -0.3 is 37.8 Å². The summed E-state index contributed by atoms with van der Waals surface area (Å²) in [5.41, 5.74) is 10.6. The summed E-state index contributed by atoms with van der Waals surface area (Å²) in [7, 11) is 0. The molecule has 1 heterocycles. The van der Waals surface area contributed by atoms with E-state index in [1.807, 2.05) is 0 Å². The maximum Gasteiger partial charge on any atom is 0.325 e. The number of nitrogens with two attached hydrogens (primary N) is 2. The van der Waals surface area contributed by atoms with Crippen LogP contribution in [0.4, 0.5) is 0 Å². The standard InChI is InChI=1S/C19H35N7O5/c1-10(2)14(26-15(27)12-6-4-8-22-12)17(29)25-13(7-5-9-23-19(20)21)16(28)24-11(3)18(30)31/h10-14,22H,4-9H2,1-3H3,(H,24,28)(H,25,29)(H,26,27)(H,30,31)(H4,20,21,23). The van der Waals surface area contributed by atoms with Crippen LogP contribution in [0.25, 0.3) is 0 Å². The predicted octanol–water partition coefficient (Wildman–Crippen LogP) is -1.99. The number of rotatable bonds is 12. The van der Waals surface area contributed by atoms with Crippen molar-refractivity contribution in [3.63, 3.8) is 0 Å². The van der Waals surface area contributed by atoms with Crippen LogP contribution in [-0.2, 0) is 19.2 Å². The maximum atomic E-state index is 12.9. The molecule has 31 heavy (non-hydrogen) atoms. The van der Waals surface area contributed by atoms with Gasteiger partial charge in [-0.1, -0.05) is 13.8 Å². The van der Waals surface area contributed by atoms with Crippen LogP contribution >= 0.6 is 0 Å². The van der Waals surface area contributed by atoms with Crippen LogP contribution in [0.2, 0.25) is 0 Å². The van der Waals surface area contributed by atoms with E-state index in [1.165, 1.54) is 6.92 Å². The minimum absolute atomic E-state index is 0.0901. The van der Waals surface area contributed by atoms with Gasteiger partial charge in [0, 0.05) is 6.54 Å². The van der Waals surface area contributed by atoms with Gasteiger partial charge in [0.2, 0.25) is 17.7 Å². The molecule has 9 N–H and O–H groups in total. The molecular formula is C19H35N7O5. The average Bonchev–Trinajstić information content (AvgIpc) is 3.22. The van der Waals surface area contributed by atoms with Crippen LogP contribution in [0.15, 0.2) is 4.99 Å². The number of amides is 3. The molecule has 0 bridgehead atoms. The minimum atomic E-state index is -1.20. The van der Waals surface area contributed by atoms with Crippen molar-refractivity contribution in [3.8, 4) is 0 Å². The Morgan fingerprint density at radius 3 is 2.29 bits per heavy atom. The van der Waals surface area contributed by atoms with Gasteiger partial charge in [0.25, 0.3) is 0 Å². The summed E-state index contributed by atoms with van der Waals surface area (Å²) in [6, 6.07) is -3.33. The number of carboxylic acids is 1. The molecule has 176 valence electrons. The molecule has 0 aromatic carbocycles. The van der Waals surface area contributed by atoms with Crippen molar-refractivity contribution in [3.05, 3.63) is 0 Å². The smallest absolute Gasteiger partial charge is 0.325 e. The number of carbonyl (C=O) groups excluding carboxylic acids is 3. The SMILES string of the molecule is CC(NC(=O)C(CCCN=C(N)N)NC(=O)C(NC(=O)C1CCCN1)C(C)C)C(=O)O. The Bertz CT molecular complexity index is 673. The number of aliphatic carboxylic acids is 1. The second kappa shape index (κ2) is 12.7. The molecule has 0 aliphatic carbocycles. The Hall–Kier alpha value is -2.89. The largest absolute Gasteiger partial charge is 0.480 e. The zero-order valence-corrected chi connectivity index (χ0v) is 18.3. The van der Waals surface area contributed by atoms with E-state index in [2.05, 4.69) is 26.3 Å². The van der Waals surface area contributed by atoms with Crippen LogP contribution < -0.4 is 32.7 Å². The first kappa shape index (κ1) is 26.1. The lowest BCUT2D eigenvalue weighted by molar-refractivity contribution is -0.142. The van der Waals surface area contributed by atoms with E-state index in [0.717, 1.165) is 13.0 Å². The number of guanidine groups is 1. The van der Waals surface area contributed by atoms with Crippen molar-refractivity contribution in [1.82, 2.24) is 21.3 Å². The molecule has 0 saturated carbocycles. The molecule has 4 atom stereocenters. The summed E-state index contributed by atoms with van der Waals surface area (Å²) < 4.78 is 0. The number of carbonyl (C=O) groups is 4. The molecule has 1 rings (SSSR count). The number of nitrogens with one attached hydrogen (secondary N) is 4. The highest BCUT2D eigenvalue weighted by Crippen LogP contribution is 2.09. The number of carboxylic acid groups (broad SMARTS) is 1. The first-order chi connectivity index (χ1) is 14.5. The lowest BCUT2D eigenvalue weighted by atomic mass is 10.0. The summed E-state index contributed by atoms with van der Waals surface area (Å²) in [5.74, 6) is -2.94. The summed E-state index contributed by atoms with van der Waals surface area (Å²) in [6.45, 7) is 5.88. The second-order valence-electron chi connectivity index (χ2n) is 7.96. The van der Waals surface area contributed by atoms with Gasteiger partial charge in [0.1, 0.15) is 18.1 Å². The van der Waals surface area contributed by atoms with E-state index in [0.29, 0.717) is 12.8 Å². The molecule has 12 heteroatoms. The Balaban J connectivity index is 2.84. The Morgan fingerprint density at radius 1 is 1.10 bits per heavy atom. The molecule has 1 aliphatic heterocycles. The molecular weight excluding hydrogens is 406 g/mol. The van der Waals surface area contributed by atoms with Gasteiger partial charge in [0.05, 0.1) is 6.04 Å². The second-order valence-corrected chi connectivity index (χ2v) is 7.96. The summed E-state index contributed by atoms with van der Waals surface area (Å²) in [5, 5.41) is 19.8. The number of hydrogen-bond donors (Lipinski definition) is 7. The van der Waals surface area contributed by atoms with E-state index in [9.17, 15) is 19.2 Å². The third-order valence-electron chi connectivity index (χ3n) is 4.93. The molecule has 1 aliphatic rings. The summed E-state index contributed by atoms with van der Waals surface area (Å²) in [6.07, 6.45) is 2.14. The van der Waals surface area contributed by atoms with Crippen molar-refractivity contribution < 1.29 is 24.3 Å². The van der Waals surface area contributed by atoms with Gasteiger partial charge in [-0.2, -0.15) is 0 Å². The van der Waals surface area contributed by atoms with Gasteiger partial charge in [0.15, 0.2) is 5.96 Å². The highest BCUT2D eigenvalue weighted by atomic mass is 16.4. The zero-order valence-electron chi connectivity index (χ0n) is 18.3. The predicted molar refractivity (Wildman–Crippen MR) is 115 cm³/mol. The topological polar surface area (TPSA) is 201 Å². The number of nitrogens with zero attached hydrogens (tertiary/aromatic N) is 1. The van der Waals surface area contributed by atoms with Crippen molar-refractivity contribution in [2.45, 2.75) is 70.6 Å². The fourth-order valence-electron chi connectivity index (χ4n) is 3.11. The monoisotopic (exact) mass is 441 g/mol. The third-order valence-corrected chi connectivity index (χ3v) is 4.93. The molecule has 1 fully saturated rings. The highest BCUT2D eigenvalue weighted by Gasteiger charge is 2.32. The van der Waals surface area contributed by atoms with Crippen LogP contribution in [-0.4, -0.2) is 72.0 Å². The lowest BCUT2D eigenvalue weighted by Gasteiger charge is -2.26. The van der Waals surface area contributed by atoms with Crippen molar-refractivity contribution in [1.29, 1.82) is 0 Å². The molecule has 1 saturated heterocycles. The normalized spacial score (nSPS) is 18.5. The Kier molecular flexibility index (Phi) is 10.7. The van der Waals surface area contributed by atoms with Crippen molar-refractivity contribution >= 4 is 29.7 Å². The van der Waals surface area contributed by atoms with E-state index in [1.54, 1.807) is 13.8 Å². The van der Waals surface area contributed by atoms with E-state index in [-0.39, 0.29) is 36.8 Å². The molecule has 0 spiro atoms. The molecule has 0 radical (unpaired) electrons. The fourth-order valence-corrected chi connectivity index (χ4v) is 3.11. The van der Waals surface area contributed by atoms with Gasteiger partial charge in [-0.15, -0.1) is 0 Å². The van der Waals surface area contributed by atoms with Crippen molar-refractivity contribution in [2.75, 3.05) is 13.1 Å². The maximum absolute atomic E-state index is 12.9. The lowest BCUT2D eigenvalue weighted by Crippen LogP contribution is -2.58. The van der Waals surface area contributed by atoms with Gasteiger partial charge in [-0.3, -0.25) is 24.2 Å². The first-order valence-electron chi connectivity index (χ1n) is 10.5. The average molecular weight is 442 g/mol. The van der Waals surface area contributed by atoms with Gasteiger partial charge >= 0.3 is 5.97 Å². The van der Waals surface area contributed by atoms with Crippen LogP contribution in [0, 0.1) is 5.92 Å². The first-order valence-corrected chi connectivity index (χ1v) is 10.5. The van der Waals surface area contributed by atoms with Crippen LogP contribution in [0.1, 0.15) is 46.5 Å². The van der Waals surface area contributed by atoms with Gasteiger partial charge in [-0.05, 0) is 45.1 Å². The van der Waals surface area contributed by atoms with E-state index < -0.39 is 35.9 Å². The fraction of sp³-hybridized carbons (Fsp3) is 0.737. The Labute approximate surface area is 182 Å². The van der Waals surface area contributed by atoms with Crippen LogP contribution in [0.5, 0.6) is 0 Å². The highest BCUT2D eigenvalue weighted by molar-refractivity contribution is 5.94. The van der Waals surface area contributed by atoms with Crippen molar-refractivity contribution in [2.24, 2.45) is 22.4 Å². The summed E-state index contributed by atoms with van der Waals surface area (Å²) >= 11 is 0. The molecule has 3 amide bonds.